The summed E-state index contributed by atoms with van der Waals surface area (Å²) in [4.78, 5) is 4.95. The summed E-state index contributed by atoms with van der Waals surface area (Å²) in [6.07, 6.45) is 6.00. The van der Waals surface area contributed by atoms with E-state index >= 15 is 0 Å². The van der Waals surface area contributed by atoms with Crippen LogP contribution >= 0.6 is 11.8 Å². The topological polar surface area (TPSA) is 55.2 Å². The van der Waals surface area contributed by atoms with Gasteiger partial charge < -0.3 is 4.57 Å². The number of fused-ring (bicyclic) bond motifs is 1. The summed E-state index contributed by atoms with van der Waals surface area (Å²) < 4.78 is 71.5. The number of hydrogen-bond acceptors (Lipinski definition) is 4. The number of aromatic nitrogens is 2. The fourth-order valence-corrected chi connectivity index (χ4v) is 7.84. The Hall–Kier alpha value is -2.04. The van der Waals surface area contributed by atoms with Crippen LogP contribution in [0.2, 0.25) is 0 Å². The molecule has 188 valence electrons. The van der Waals surface area contributed by atoms with Crippen molar-refractivity contribution >= 4 is 32.8 Å². The molecular formula is C25H28F3N3O2S2. The Bertz CT molecular complexity index is 1350. The average Bonchev–Trinajstić information content (AvgIpc) is 3.49. The first-order valence-electron chi connectivity index (χ1n) is 12.0. The molecule has 1 atom stereocenters. The van der Waals surface area contributed by atoms with Crippen LogP contribution in [-0.4, -0.2) is 35.4 Å². The zero-order chi connectivity index (χ0) is 24.7. The lowest BCUT2D eigenvalue weighted by Crippen LogP contribution is -2.39. The molecule has 1 saturated heterocycles. The summed E-state index contributed by atoms with van der Waals surface area (Å²) in [7, 11) is -3.63. The first-order valence-corrected chi connectivity index (χ1v) is 14.5. The second kappa shape index (κ2) is 9.78. The Labute approximate surface area is 207 Å². The maximum absolute atomic E-state index is 14.2. The van der Waals surface area contributed by atoms with Crippen LogP contribution in [0.5, 0.6) is 0 Å². The molecule has 1 aromatic heterocycles. The monoisotopic (exact) mass is 523 g/mol. The lowest BCUT2D eigenvalue weighted by molar-refractivity contribution is 0.281. The average molecular weight is 524 g/mol. The first-order chi connectivity index (χ1) is 16.8. The van der Waals surface area contributed by atoms with E-state index in [1.54, 1.807) is 16.4 Å². The lowest BCUT2D eigenvalue weighted by atomic mass is 10.0. The van der Waals surface area contributed by atoms with Crippen molar-refractivity contribution in [3.8, 4) is 0 Å². The van der Waals surface area contributed by atoms with Crippen LogP contribution in [0.25, 0.3) is 11.0 Å². The van der Waals surface area contributed by atoms with E-state index in [2.05, 4.69) is 11.5 Å². The molecule has 2 aliphatic rings. The maximum Gasteiger partial charge on any atom is 0.243 e. The fourth-order valence-electron chi connectivity index (χ4n) is 5.17. The first kappa shape index (κ1) is 24.6. The second-order valence-corrected chi connectivity index (χ2v) is 12.5. The van der Waals surface area contributed by atoms with E-state index in [0.717, 1.165) is 50.1 Å². The molecule has 0 spiro atoms. The molecule has 2 fully saturated rings. The molecule has 0 N–H and O–H groups in total. The minimum absolute atomic E-state index is 0.0569. The molecular weight excluding hydrogens is 495 g/mol. The highest BCUT2D eigenvalue weighted by molar-refractivity contribution is 7.98. The SMILES string of the molecule is C[C@H]1CCCN(S(=O)(=O)c2ccc3c(c2)nc(SCc2ccc(F)c(F)c2F)n3C2CCCC2)C1. The smallest absolute Gasteiger partial charge is 0.243 e. The van der Waals surface area contributed by atoms with Gasteiger partial charge in [0.05, 0.1) is 15.9 Å². The van der Waals surface area contributed by atoms with E-state index in [0.29, 0.717) is 29.7 Å². The number of nitrogens with zero attached hydrogens (tertiary/aromatic N) is 3. The molecule has 1 saturated carbocycles. The summed E-state index contributed by atoms with van der Waals surface area (Å²) in [6, 6.07) is 7.46. The highest BCUT2D eigenvalue weighted by atomic mass is 32.2. The van der Waals surface area contributed by atoms with Crippen LogP contribution in [0, 0.1) is 23.4 Å². The summed E-state index contributed by atoms with van der Waals surface area (Å²) >= 11 is 1.25. The Morgan fingerprint density at radius 3 is 2.54 bits per heavy atom. The van der Waals surface area contributed by atoms with Crippen molar-refractivity contribution in [1.82, 2.24) is 13.9 Å². The van der Waals surface area contributed by atoms with Gasteiger partial charge in [0.1, 0.15) is 0 Å². The quantitative estimate of drug-likeness (QED) is 0.282. The predicted octanol–water partition coefficient (Wildman–Crippen LogP) is 6.28. The van der Waals surface area contributed by atoms with Crippen molar-refractivity contribution in [3.63, 3.8) is 0 Å². The number of halogens is 3. The second-order valence-electron chi connectivity index (χ2n) is 9.59. The van der Waals surface area contributed by atoms with E-state index < -0.39 is 27.5 Å². The number of rotatable bonds is 6. The van der Waals surface area contributed by atoms with Gasteiger partial charge >= 0.3 is 0 Å². The highest BCUT2D eigenvalue weighted by Gasteiger charge is 2.30. The molecule has 5 rings (SSSR count). The minimum Gasteiger partial charge on any atom is -0.316 e. The molecule has 35 heavy (non-hydrogen) atoms. The van der Waals surface area contributed by atoms with Gasteiger partial charge in [0, 0.05) is 30.4 Å². The van der Waals surface area contributed by atoms with Crippen LogP contribution in [0.1, 0.15) is 57.1 Å². The van der Waals surface area contributed by atoms with Crippen molar-refractivity contribution in [2.45, 2.75) is 67.3 Å². The number of thioether (sulfide) groups is 1. The van der Waals surface area contributed by atoms with Crippen molar-refractivity contribution in [2.24, 2.45) is 5.92 Å². The Balaban J connectivity index is 1.50. The molecule has 0 amide bonds. The fraction of sp³-hybridized carbons (Fsp3) is 0.480. The molecule has 10 heteroatoms. The third-order valence-electron chi connectivity index (χ3n) is 7.05. The Morgan fingerprint density at radius 1 is 1.03 bits per heavy atom. The van der Waals surface area contributed by atoms with Crippen molar-refractivity contribution < 1.29 is 21.6 Å². The molecule has 0 bridgehead atoms. The van der Waals surface area contributed by atoms with Gasteiger partial charge in [0.2, 0.25) is 10.0 Å². The van der Waals surface area contributed by atoms with Gasteiger partial charge in [0.15, 0.2) is 22.6 Å². The van der Waals surface area contributed by atoms with Crippen LogP contribution in [0.3, 0.4) is 0 Å². The van der Waals surface area contributed by atoms with Gasteiger partial charge in [-0.05, 0) is 55.9 Å². The largest absolute Gasteiger partial charge is 0.316 e. The molecule has 2 aromatic carbocycles. The van der Waals surface area contributed by atoms with Crippen molar-refractivity contribution in [3.05, 3.63) is 53.3 Å². The van der Waals surface area contributed by atoms with Gasteiger partial charge in [-0.2, -0.15) is 4.31 Å². The van der Waals surface area contributed by atoms with E-state index in [1.165, 1.54) is 17.8 Å². The summed E-state index contributed by atoms with van der Waals surface area (Å²) in [6.45, 7) is 3.09. The Morgan fingerprint density at radius 2 is 1.80 bits per heavy atom. The summed E-state index contributed by atoms with van der Waals surface area (Å²) in [5.74, 6) is -3.48. The maximum atomic E-state index is 14.2. The predicted molar refractivity (Wildman–Crippen MR) is 130 cm³/mol. The number of benzene rings is 2. The molecule has 3 aromatic rings. The number of sulfonamides is 1. The molecule has 0 radical (unpaired) electrons. The van der Waals surface area contributed by atoms with Gasteiger partial charge in [-0.3, -0.25) is 0 Å². The van der Waals surface area contributed by atoms with Crippen molar-refractivity contribution in [2.75, 3.05) is 13.1 Å². The van der Waals surface area contributed by atoms with E-state index in [-0.39, 0.29) is 22.3 Å². The summed E-state index contributed by atoms with van der Waals surface area (Å²) in [5, 5.41) is 0.622. The van der Waals surface area contributed by atoms with E-state index in [1.807, 2.05) is 6.07 Å². The number of hydrogen-bond donors (Lipinski definition) is 0. The zero-order valence-electron chi connectivity index (χ0n) is 19.5. The number of piperidine rings is 1. The van der Waals surface area contributed by atoms with Crippen LogP contribution in [0.4, 0.5) is 13.2 Å². The van der Waals surface area contributed by atoms with Gasteiger partial charge in [-0.1, -0.05) is 37.6 Å². The Kier molecular flexibility index (Phi) is 6.89. The summed E-state index contributed by atoms with van der Waals surface area (Å²) in [5.41, 5.74) is 1.45. The third-order valence-corrected chi connectivity index (χ3v) is 9.91. The third kappa shape index (κ3) is 4.72. The van der Waals surface area contributed by atoms with Crippen molar-refractivity contribution in [1.29, 1.82) is 0 Å². The minimum atomic E-state index is -3.63. The molecule has 0 unspecified atom stereocenters. The molecule has 1 aliphatic heterocycles. The van der Waals surface area contributed by atoms with Gasteiger partial charge in [-0.15, -0.1) is 0 Å². The standard InChI is InChI=1S/C25H28F3N3O2S2/c1-16-5-4-12-30(14-16)35(32,33)19-9-11-22-21(13-19)29-25(31(22)18-6-2-3-7-18)34-15-17-8-10-20(26)24(28)23(17)27/h8-11,13,16,18H,2-7,12,14-15H2,1H3/t16-/m0/s1. The lowest BCUT2D eigenvalue weighted by Gasteiger charge is -2.30. The molecule has 2 heterocycles. The van der Waals surface area contributed by atoms with Gasteiger partial charge in [-0.25, -0.2) is 26.6 Å². The van der Waals surface area contributed by atoms with E-state index in [4.69, 9.17) is 4.98 Å². The number of imidazole rings is 1. The van der Waals surface area contributed by atoms with Crippen LogP contribution in [0.15, 0.2) is 40.4 Å². The van der Waals surface area contributed by atoms with E-state index in [9.17, 15) is 21.6 Å². The van der Waals surface area contributed by atoms with Gasteiger partial charge in [0.25, 0.3) is 0 Å². The zero-order valence-corrected chi connectivity index (χ0v) is 21.1. The molecule has 1 aliphatic carbocycles. The highest BCUT2D eigenvalue weighted by Crippen LogP contribution is 2.38. The van der Waals surface area contributed by atoms with Crippen LogP contribution < -0.4 is 0 Å². The van der Waals surface area contributed by atoms with Crippen LogP contribution in [-0.2, 0) is 15.8 Å². The normalized spacial score (nSPS) is 20.2. The molecule has 5 nitrogen and oxygen atoms in total.